The molecular formula is C15H18N4O. The first-order chi connectivity index (χ1) is 9.79. The zero-order chi connectivity index (χ0) is 13.9. The molecule has 1 aromatic rings. The van der Waals surface area contributed by atoms with Gasteiger partial charge in [-0.2, -0.15) is 5.26 Å². The molecule has 2 aliphatic rings. The van der Waals surface area contributed by atoms with Crippen molar-refractivity contribution in [1.82, 2.24) is 5.32 Å². The molecule has 20 heavy (non-hydrogen) atoms. The lowest BCUT2D eigenvalue weighted by molar-refractivity contribution is -0.118. The van der Waals surface area contributed by atoms with Crippen molar-refractivity contribution < 1.29 is 4.79 Å². The number of aryl methyl sites for hydroxylation is 1. The number of piperazine rings is 1. The maximum atomic E-state index is 11.9. The van der Waals surface area contributed by atoms with Crippen LogP contribution in [0.1, 0.15) is 12.0 Å². The third-order valence-corrected chi connectivity index (χ3v) is 3.97. The van der Waals surface area contributed by atoms with E-state index in [9.17, 15) is 4.79 Å². The van der Waals surface area contributed by atoms with E-state index >= 15 is 0 Å². The summed E-state index contributed by atoms with van der Waals surface area (Å²) in [5, 5.41) is 12.2. The zero-order valence-electron chi connectivity index (χ0n) is 11.4. The Morgan fingerprint density at radius 1 is 1.25 bits per heavy atom. The Bertz CT molecular complexity index is 557. The van der Waals surface area contributed by atoms with Crippen LogP contribution in [0.15, 0.2) is 18.2 Å². The Morgan fingerprint density at radius 3 is 2.80 bits per heavy atom. The Labute approximate surface area is 118 Å². The molecular weight excluding hydrogens is 252 g/mol. The van der Waals surface area contributed by atoms with E-state index in [0.29, 0.717) is 6.42 Å². The molecule has 0 saturated carbocycles. The maximum absolute atomic E-state index is 11.9. The van der Waals surface area contributed by atoms with Crippen molar-refractivity contribution in [2.24, 2.45) is 0 Å². The van der Waals surface area contributed by atoms with Crippen LogP contribution in [0.25, 0.3) is 0 Å². The number of anilines is 2. The fourth-order valence-electron chi connectivity index (χ4n) is 2.91. The van der Waals surface area contributed by atoms with Crippen molar-refractivity contribution in [3.63, 3.8) is 0 Å². The standard InChI is InChI=1S/C15H18N4O/c16-5-8-19-14-3-2-13(18-9-6-17-7-10-18)11-12(14)1-4-15(19)20/h2-3,11,17H,1,4,6-10H2. The number of nitrogens with zero attached hydrogens (tertiary/aromatic N) is 3. The van der Waals surface area contributed by atoms with Gasteiger partial charge in [-0.1, -0.05) is 0 Å². The predicted molar refractivity (Wildman–Crippen MR) is 77.8 cm³/mol. The van der Waals surface area contributed by atoms with E-state index in [1.165, 1.54) is 11.3 Å². The van der Waals surface area contributed by atoms with Gasteiger partial charge in [0.1, 0.15) is 6.54 Å². The monoisotopic (exact) mass is 270 g/mol. The molecule has 1 N–H and O–H groups in total. The third-order valence-electron chi connectivity index (χ3n) is 3.97. The van der Waals surface area contributed by atoms with Crippen LogP contribution < -0.4 is 15.1 Å². The van der Waals surface area contributed by atoms with Gasteiger partial charge in [0.25, 0.3) is 0 Å². The fourth-order valence-corrected chi connectivity index (χ4v) is 2.91. The summed E-state index contributed by atoms with van der Waals surface area (Å²) in [7, 11) is 0. The van der Waals surface area contributed by atoms with Gasteiger partial charge < -0.3 is 10.2 Å². The number of amides is 1. The van der Waals surface area contributed by atoms with E-state index in [0.717, 1.165) is 38.3 Å². The lowest BCUT2D eigenvalue weighted by Crippen LogP contribution is -2.43. The molecule has 1 amide bonds. The van der Waals surface area contributed by atoms with Crippen molar-refractivity contribution in [3.05, 3.63) is 23.8 Å². The average Bonchev–Trinajstić information content (AvgIpc) is 2.51. The lowest BCUT2D eigenvalue weighted by Gasteiger charge is -2.32. The van der Waals surface area contributed by atoms with E-state index in [4.69, 9.17) is 5.26 Å². The van der Waals surface area contributed by atoms with Crippen LogP contribution in [-0.4, -0.2) is 38.6 Å². The van der Waals surface area contributed by atoms with Gasteiger partial charge in [0.2, 0.25) is 5.91 Å². The minimum absolute atomic E-state index is 0.0500. The summed E-state index contributed by atoms with van der Waals surface area (Å²) in [6, 6.07) is 8.30. The highest BCUT2D eigenvalue weighted by Crippen LogP contribution is 2.31. The number of nitriles is 1. The van der Waals surface area contributed by atoms with E-state index < -0.39 is 0 Å². The van der Waals surface area contributed by atoms with Gasteiger partial charge in [0.05, 0.1) is 6.07 Å². The Hall–Kier alpha value is -2.06. The zero-order valence-corrected chi connectivity index (χ0v) is 11.4. The second-order valence-corrected chi connectivity index (χ2v) is 5.19. The molecule has 1 aromatic carbocycles. The number of hydrogen-bond donors (Lipinski definition) is 1. The molecule has 1 saturated heterocycles. The molecule has 0 aliphatic carbocycles. The molecule has 0 bridgehead atoms. The summed E-state index contributed by atoms with van der Waals surface area (Å²) < 4.78 is 0. The Kier molecular flexibility index (Phi) is 3.57. The van der Waals surface area contributed by atoms with Crippen LogP contribution in [0, 0.1) is 11.3 Å². The molecule has 2 heterocycles. The van der Waals surface area contributed by atoms with Crippen LogP contribution in [0.5, 0.6) is 0 Å². The van der Waals surface area contributed by atoms with E-state index in [1.807, 2.05) is 6.07 Å². The normalized spacial score (nSPS) is 18.6. The first kappa shape index (κ1) is 12.9. The van der Waals surface area contributed by atoms with Gasteiger partial charge in [0.15, 0.2) is 0 Å². The summed E-state index contributed by atoms with van der Waals surface area (Å²) in [5.74, 6) is 0.0500. The molecule has 104 valence electrons. The minimum Gasteiger partial charge on any atom is -0.369 e. The summed E-state index contributed by atoms with van der Waals surface area (Å²) in [6.45, 7) is 4.18. The lowest BCUT2D eigenvalue weighted by atomic mass is 10.00. The molecule has 0 radical (unpaired) electrons. The molecule has 0 unspecified atom stereocenters. The SMILES string of the molecule is N#CCN1C(=O)CCc2cc(N3CCNCC3)ccc21. The molecule has 3 rings (SSSR count). The number of carbonyl (C=O) groups is 1. The fraction of sp³-hybridized carbons (Fsp3) is 0.467. The summed E-state index contributed by atoms with van der Waals surface area (Å²) in [6.07, 6.45) is 1.27. The van der Waals surface area contributed by atoms with Gasteiger partial charge >= 0.3 is 0 Å². The predicted octanol–water partition coefficient (Wildman–Crippen LogP) is 0.899. The number of benzene rings is 1. The third kappa shape index (κ3) is 2.35. The number of hydrogen-bond acceptors (Lipinski definition) is 4. The van der Waals surface area contributed by atoms with E-state index in [1.54, 1.807) is 4.90 Å². The summed E-state index contributed by atoms with van der Waals surface area (Å²) >= 11 is 0. The van der Waals surface area contributed by atoms with Crippen molar-refractivity contribution >= 4 is 17.3 Å². The molecule has 0 spiro atoms. The highest BCUT2D eigenvalue weighted by Gasteiger charge is 2.24. The van der Waals surface area contributed by atoms with Crippen LogP contribution in [0.3, 0.4) is 0 Å². The molecule has 2 aliphatic heterocycles. The summed E-state index contributed by atoms with van der Waals surface area (Å²) in [4.78, 5) is 15.9. The largest absolute Gasteiger partial charge is 0.369 e. The molecule has 5 heteroatoms. The highest BCUT2D eigenvalue weighted by molar-refractivity contribution is 5.97. The van der Waals surface area contributed by atoms with Gasteiger partial charge in [-0.15, -0.1) is 0 Å². The number of rotatable bonds is 2. The van der Waals surface area contributed by atoms with Crippen LogP contribution in [-0.2, 0) is 11.2 Å². The van der Waals surface area contributed by atoms with E-state index in [2.05, 4.69) is 28.4 Å². The van der Waals surface area contributed by atoms with Gasteiger partial charge in [0, 0.05) is 44.0 Å². The quantitative estimate of drug-likeness (QED) is 0.811. The summed E-state index contributed by atoms with van der Waals surface area (Å²) in [5.41, 5.74) is 3.30. The Balaban J connectivity index is 1.89. The van der Waals surface area contributed by atoms with Crippen molar-refractivity contribution in [2.45, 2.75) is 12.8 Å². The second kappa shape index (κ2) is 5.51. The number of carbonyl (C=O) groups excluding carboxylic acids is 1. The topological polar surface area (TPSA) is 59.4 Å². The second-order valence-electron chi connectivity index (χ2n) is 5.19. The van der Waals surface area contributed by atoms with Crippen LogP contribution in [0.4, 0.5) is 11.4 Å². The van der Waals surface area contributed by atoms with E-state index in [-0.39, 0.29) is 12.5 Å². The number of nitrogens with one attached hydrogen (secondary N) is 1. The first-order valence-corrected chi connectivity index (χ1v) is 7.05. The van der Waals surface area contributed by atoms with Crippen molar-refractivity contribution in [2.75, 3.05) is 42.5 Å². The van der Waals surface area contributed by atoms with Crippen LogP contribution >= 0.6 is 0 Å². The Morgan fingerprint density at radius 2 is 2.05 bits per heavy atom. The van der Waals surface area contributed by atoms with Crippen molar-refractivity contribution in [3.8, 4) is 6.07 Å². The van der Waals surface area contributed by atoms with Crippen LogP contribution in [0.2, 0.25) is 0 Å². The smallest absolute Gasteiger partial charge is 0.228 e. The highest BCUT2D eigenvalue weighted by atomic mass is 16.2. The van der Waals surface area contributed by atoms with Gasteiger partial charge in [-0.3, -0.25) is 9.69 Å². The molecule has 1 fully saturated rings. The van der Waals surface area contributed by atoms with Gasteiger partial charge in [-0.25, -0.2) is 0 Å². The first-order valence-electron chi connectivity index (χ1n) is 7.05. The number of fused-ring (bicyclic) bond motifs is 1. The molecule has 5 nitrogen and oxygen atoms in total. The van der Waals surface area contributed by atoms with Crippen molar-refractivity contribution in [1.29, 1.82) is 5.26 Å². The maximum Gasteiger partial charge on any atom is 0.228 e. The van der Waals surface area contributed by atoms with Gasteiger partial charge in [-0.05, 0) is 30.2 Å². The average molecular weight is 270 g/mol. The molecule has 0 atom stereocenters. The minimum atomic E-state index is 0.0500. The molecule has 0 aromatic heterocycles.